The van der Waals surface area contributed by atoms with E-state index in [1.54, 1.807) is 0 Å². The molecule has 0 amide bonds. The molecule has 3 aromatic carbocycles. The molecule has 2 nitrogen and oxygen atoms in total. The second kappa shape index (κ2) is 11.0. The summed E-state index contributed by atoms with van der Waals surface area (Å²) in [5.74, 6) is 0. The molecule has 0 saturated heterocycles. The first-order valence-electron chi connectivity index (χ1n) is 10.7. The van der Waals surface area contributed by atoms with Crippen molar-refractivity contribution in [3.8, 4) is 0 Å². The Hall–Kier alpha value is -2.34. The molecule has 0 aliphatic carbocycles. The van der Waals surface area contributed by atoms with Crippen molar-refractivity contribution in [2.24, 2.45) is 4.99 Å². The molecule has 148 valence electrons. The number of aryl methyl sites for hydroxylation is 3. The molecule has 0 aliphatic rings. The summed E-state index contributed by atoms with van der Waals surface area (Å²) in [5.41, 5.74) is 7.55. The fourth-order valence-corrected chi connectivity index (χ4v) is 5.52. The lowest BCUT2D eigenvalue weighted by Crippen LogP contribution is -2.24. The molecule has 0 atom stereocenters. The third-order valence-electron chi connectivity index (χ3n) is 5.43. The van der Waals surface area contributed by atoms with Gasteiger partial charge in [-0.3, -0.25) is 4.99 Å². The van der Waals surface area contributed by atoms with Gasteiger partial charge in [0.2, 0.25) is 0 Å². The van der Waals surface area contributed by atoms with E-state index >= 15 is 0 Å². The Kier molecular flexibility index (Phi) is 8.11. The van der Waals surface area contributed by atoms with E-state index < -0.39 is 14.4 Å². The van der Waals surface area contributed by atoms with Gasteiger partial charge in [0.15, 0.2) is 0 Å². The lowest BCUT2D eigenvalue weighted by molar-refractivity contribution is 1.09. The van der Waals surface area contributed by atoms with Crippen LogP contribution in [0.4, 0.5) is 11.4 Å². The normalized spacial score (nSPS) is 11.0. The third-order valence-corrected chi connectivity index (χ3v) is 8.14. The second-order valence-corrected chi connectivity index (χ2v) is 10.7. The summed E-state index contributed by atoms with van der Waals surface area (Å²) < 4.78 is 3.82. The van der Waals surface area contributed by atoms with Crippen LogP contribution in [0.25, 0.3) is 0 Å². The first kappa shape index (κ1) is 21.4. The number of nitrogens with one attached hydrogen (secondary N) is 1. The Balaban J connectivity index is 1.64. The van der Waals surface area contributed by atoms with Gasteiger partial charge >= 0.3 is 14.4 Å². The van der Waals surface area contributed by atoms with Gasteiger partial charge in [0.1, 0.15) is 0 Å². The van der Waals surface area contributed by atoms with E-state index in [0.717, 1.165) is 18.5 Å². The van der Waals surface area contributed by atoms with Crippen LogP contribution < -0.4 is 4.30 Å². The zero-order valence-corrected chi connectivity index (χ0v) is 19.0. The monoisotopic (exact) mass is 398 g/mol. The Morgan fingerprint density at radius 1 is 0.897 bits per heavy atom. The molecule has 0 unspecified atom stereocenters. The topological polar surface area (TPSA) is 24.4 Å². The van der Waals surface area contributed by atoms with Gasteiger partial charge in [0, 0.05) is 11.9 Å². The lowest BCUT2D eigenvalue weighted by atomic mass is 10.1. The molecule has 29 heavy (non-hydrogen) atoms. The minimum Gasteiger partial charge on any atom is -0.476 e. The van der Waals surface area contributed by atoms with Crippen molar-refractivity contribution in [2.75, 3.05) is 4.30 Å². The summed E-state index contributed by atoms with van der Waals surface area (Å²) >= 11 is -1.03. The van der Waals surface area contributed by atoms with Gasteiger partial charge in [-0.25, -0.2) is 0 Å². The van der Waals surface area contributed by atoms with Gasteiger partial charge in [0.05, 0.1) is 5.69 Å². The minimum atomic E-state index is -1.03. The second-order valence-electron chi connectivity index (χ2n) is 7.63. The van der Waals surface area contributed by atoms with Gasteiger partial charge in [-0.15, -0.1) is 0 Å². The molecule has 0 saturated carbocycles. The highest BCUT2D eigenvalue weighted by molar-refractivity contribution is 6.62. The van der Waals surface area contributed by atoms with Crippen LogP contribution in [0.1, 0.15) is 36.1 Å². The Morgan fingerprint density at radius 2 is 1.62 bits per heavy atom. The van der Waals surface area contributed by atoms with Crippen LogP contribution in [0.5, 0.6) is 0 Å². The molecular weight excluding hydrogens is 367 g/mol. The smallest absolute Gasteiger partial charge is 0.411 e. The van der Waals surface area contributed by atoms with E-state index in [1.807, 2.05) is 6.21 Å². The van der Waals surface area contributed by atoms with E-state index in [2.05, 4.69) is 97.9 Å². The largest absolute Gasteiger partial charge is 0.476 e. The maximum atomic E-state index is 4.71. The van der Waals surface area contributed by atoms with E-state index in [-0.39, 0.29) is 0 Å². The van der Waals surface area contributed by atoms with Gasteiger partial charge in [-0.2, -0.15) is 0 Å². The summed E-state index contributed by atoms with van der Waals surface area (Å²) in [6, 6.07) is 26.0. The van der Waals surface area contributed by atoms with Crippen molar-refractivity contribution >= 4 is 32.0 Å². The van der Waals surface area contributed by atoms with E-state index in [9.17, 15) is 0 Å². The van der Waals surface area contributed by atoms with E-state index in [0.29, 0.717) is 0 Å². The van der Waals surface area contributed by atoms with Gasteiger partial charge in [-0.1, -0.05) is 78.5 Å². The number of hydrogen-bond donors (Lipinski definition) is 1. The van der Waals surface area contributed by atoms with Gasteiger partial charge < -0.3 is 4.30 Å². The average Bonchev–Trinajstić information content (AvgIpc) is 2.77. The molecular formula is C26H31AlN2. The van der Waals surface area contributed by atoms with Crippen LogP contribution in [0.3, 0.4) is 0 Å². The Morgan fingerprint density at radius 3 is 2.31 bits per heavy atom. The Bertz CT molecular complexity index is 914. The van der Waals surface area contributed by atoms with Crippen LogP contribution in [-0.4, -0.2) is 20.6 Å². The summed E-state index contributed by atoms with van der Waals surface area (Å²) in [4.78, 5) is 4.71. The molecule has 0 bridgehead atoms. The number of aliphatic imine (C=N–C) groups is 1. The SMILES string of the molecule is CCc1ccc(N=Cc2ccccc2C[CH2][Al]([CH2]C)[NH]c2ccc(C)cc2)cc1. The molecule has 3 rings (SSSR count). The molecule has 0 aliphatic heterocycles. The zero-order valence-electron chi connectivity index (χ0n) is 17.9. The van der Waals surface area contributed by atoms with Crippen molar-refractivity contribution in [1.82, 2.24) is 0 Å². The minimum absolute atomic E-state index is 1.01. The summed E-state index contributed by atoms with van der Waals surface area (Å²) in [6.07, 6.45) is 4.18. The fourth-order valence-electron chi connectivity index (χ4n) is 3.44. The van der Waals surface area contributed by atoms with Crippen molar-refractivity contribution < 1.29 is 0 Å². The fraction of sp³-hybridized carbons (Fsp3) is 0.269. The molecule has 0 heterocycles. The predicted octanol–water partition coefficient (Wildman–Crippen LogP) is 6.97. The van der Waals surface area contributed by atoms with Crippen molar-refractivity contribution in [3.63, 3.8) is 0 Å². The molecule has 0 fully saturated rings. The molecule has 0 spiro atoms. The molecule has 0 radical (unpaired) electrons. The van der Waals surface area contributed by atoms with Crippen LogP contribution in [-0.2, 0) is 12.8 Å². The summed E-state index contributed by atoms with van der Waals surface area (Å²) in [7, 11) is 0. The predicted molar refractivity (Wildman–Crippen MR) is 129 cm³/mol. The van der Waals surface area contributed by atoms with E-state index in [4.69, 9.17) is 4.99 Å². The van der Waals surface area contributed by atoms with Crippen molar-refractivity contribution in [3.05, 3.63) is 95.1 Å². The average molecular weight is 399 g/mol. The molecule has 1 N–H and O–H groups in total. The van der Waals surface area contributed by atoms with Crippen LogP contribution in [0, 0.1) is 6.92 Å². The van der Waals surface area contributed by atoms with Crippen molar-refractivity contribution in [1.29, 1.82) is 0 Å². The lowest BCUT2D eigenvalue weighted by Gasteiger charge is -2.14. The quantitative estimate of drug-likeness (QED) is 0.305. The van der Waals surface area contributed by atoms with Crippen molar-refractivity contribution in [2.45, 2.75) is 44.2 Å². The summed E-state index contributed by atoms with van der Waals surface area (Å²) in [5, 5.41) is 2.48. The first-order valence-corrected chi connectivity index (χ1v) is 12.9. The highest BCUT2D eigenvalue weighted by Gasteiger charge is 2.17. The number of nitrogens with zero attached hydrogens (tertiary/aromatic N) is 1. The van der Waals surface area contributed by atoms with Crippen LogP contribution >= 0.6 is 0 Å². The maximum Gasteiger partial charge on any atom is 0.411 e. The molecule has 3 aromatic rings. The zero-order chi connectivity index (χ0) is 20.5. The molecule has 3 heteroatoms. The number of anilines is 1. The highest BCUT2D eigenvalue weighted by atomic mass is 27.2. The summed E-state index contributed by atoms with van der Waals surface area (Å²) in [6.45, 7) is 6.62. The van der Waals surface area contributed by atoms with E-state index in [1.165, 1.54) is 38.5 Å². The van der Waals surface area contributed by atoms with Gasteiger partial charge in [0.25, 0.3) is 0 Å². The maximum absolute atomic E-state index is 4.71. The van der Waals surface area contributed by atoms with Gasteiger partial charge in [-0.05, 0) is 60.7 Å². The third kappa shape index (κ3) is 6.60. The standard InChI is InChI=1S/C17H18N.C7H8N.C2H5.Al/c1-3-14-9-11-17(12-10-14)18-13-16-8-6-5-7-15(16)4-2;1-6-2-4-7(8)5-3-6;1-2;/h5-13H,2-4H2,1H3;2-5,8H,1H3;1H2,2H3;/q;-1;;+1. The number of benzene rings is 3. The number of rotatable bonds is 9. The van der Waals surface area contributed by atoms with Crippen LogP contribution in [0.15, 0.2) is 77.8 Å². The first-order chi connectivity index (χ1) is 14.2. The van der Waals surface area contributed by atoms with Crippen LogP contribution in [0.2, 0.25) is 10.6 Å². The number of hydrogen-bond acceptors (Lipinski definition) is 2. The highest BCUT2D eigenvalue weighted by Crippen LogP contribution is 2.17. The molecule has 0 aromatic heterocycles. The Labute approximate surface area is 180 Å².